The Balaban J connectivity index is 1.24. The van der Waals surface area contributed by atoms with Gasteiger partial charge in [0.1, 0.15) is 6.10 Å². The predicted octanol–water partition coefficient (Wildman–Crippen LogP) is 6.17. The molecule has 1 atom stereocenters. The predicted molar refractivity (Wildman–Crippen MR) is 139 cm³/mol. The van der Waals surface area contributed by atoms with Crippen LogP contribution in [0.25, 0.3) is 11.8 Å². The number of fused-ring (bicyclic) bond motifs is 2. The van der Waals surface area contributed by atoms with Crippen LogP contribution in [0.15, 0.2) is 77.5 Å². The molecule has 0 aromatic heterocycles. The van der Waals surface area contributed by atoms with Crippen molar-refractivity contribution < 1.29 is 14.3 Å². The summed E-state index contributed by atoms with van der Waals surface area (Å²) >= 11 is 0. The molecule has 4 saturated carbocycles. The lowest BCUT2D eigenvalue weighted by molar-refractivity contribution is -0.166. The van der Waals surface area contributed by atoms with Gasteiger partial charge in [-0.25, -0.2) is 4.79 Å². The van der Waals surface area contributed by atoms with Crippen molar-refractivity contribution in [1.82, 2.24) is 5.32 Å². The van der Waals surface area contributed by atoms with Crippen LogP contribution in [0.5, 0.6) is 0 Å². The average molecular weight is 478 g/mol. The summed E-state index contributed by atoms with van der Waals surface area (Å²) in [6.07, 6.45) is 10.2. The van der Waals surface area contributed by atoms with Crippen LogP contribution in [0.1, 0.15) is 60.5 Å². The Morgan fingerprint density at radius 3 is 2.22 bits per heavy atom. The number of ether oxygens (including phenoxy) is 1. The van der Waals surface area contributed by atoms with Crippen LogP contribution in [-0.4, -0.2) is 17.9 Å². The van der Waals surface area contributed by atoms with Crippen molar-refractivity contribution in [3.8, 4) is 0 Å². The fourth-order valence-electron chi connectivity index (χ4n) is 7.87. The summed E-state index contributed by atoms with van der Waals surface area (Å²) in [6, 6.07) is 17.7. The van der Waals surface area contributed by atoms with E-state index in [1.54, 1.807) is 0 Å². The Morgan fingerprint density at radius 1 is 0.889 bits per heavy atom. The highest BCUT2D eigenvalue weighted by molar-refractivity contribution is 6.22. The Hall–Kier alpha value is -3.40. The van der Waals surface area contributed by atoms with E-state index in [1.807, 2.05) is 73.7 Å². The molecule has 6 aliphatic rings. The van der Waals surface area contributed by atoms with Crippen molar-refractivity contribution >= 4 is 23.5 Å². The van der Waals surface area contributed by atoms with E-state index in [4.69, 9.17) is 4.74 Å². The molecule has 0 radical (unpaired) electrons. The molecule has 2 aromatic carbocycles. The van der Waals surface area contributed by atoms with E-state index in [0.717, 1.165) is 34.4 Å². The summed E-state index contributed by atoms with van der Waals surface area (Å²) in [5.41, 5.74) is 5.44. The van der Waals surface area contributed by atoms with Gasteiger partial charge in [0, 0.05) is 28.3 Å². The molecule has 36 heavy (non-hydrogen) atoms. The van der Waals surface area contributed by atoms with Crippen molar-refractivity contribution in [2.75, 3.05) is 0 Å². The third kappa shape index (κ3) is 3.42. The first-order valence-corrected chi connectivity index (χ1v) is 13.4. The van der Waals surface area contributed by atoms with Gasteiger partial charge in [-0.1, -0.05) is 66.7 Å². The highest BCUT2D eigenvalue weighted by atomic mass is 16.5. The van der Waals surface area contributed by atoms with E-state index in [1.165, 1.54) is 32.1 Å². The second kappa shape index (κ2) is 8.33. The first-order valence-electron chi connectivity index (χ1n) is 13.4. The molecule has 0 unspecified atom stereocenters. The molecule has 0 amide bonds. The summed E-state index contributed by atoms with van der Waals surface area (Å²) in [5, 5.41) is 3.43. The maximum atomic E-state index is 13.9. The molecule has 182 valence electrons. The van der Waals surface area contributed by atoms with Gasteiger partial charge in [0.15, 0.2) is 5.78 Å². The van der Waals surface area contributed by atoms with Crippen molar-refractivity contribution in [3.63, 3.8) is 0 Å². The van der Waals surface area contributed by atoms with Gasteiger partial charge in [-0.2, -0.15) is 0 Å². The van der Waals surface area contributed by atoms with E-state index in [0.29, 0.717) is 28.5 Å². The number of Topliss-reactive ketones (excluding diaryl/α,β-unsaturated/α-hetero) is 1. The molecule has 1 aliphatic heterocycles. The fraction of sp³-hybridized carbons (Fsp3) is 0.375. The summed E-state index contributed by atoms with van der Waals surface area (Å²) in [4.78, 5) is 27.5. The molecular weight excluding hydrogens is 446 g/mol. The zero-order valence-electron chi connectivity index (χ0n) is 20.6. The molecule has 1 heterocycles. The van der Waals surface area contributed by atoms with Gasteiger partial charge in [-0.05, 0) is 68.3 Å². The molecule has 5 aliphatic carbocycles. The fourth-order valence-corrected chi connectivity index (χ4v) is 7.87. The molecule has 2 aromatic rings. The first kappa shape index (κ1) is 21.8. The number of hydrogen-bond acceptors (Lipinski definition) is 4. The first-order chi connectivity index (χ1) is 17.6. The number of carbonyl (C=O) groups is 2. The molecule has 4 fully saturated rings. The maximum Gasteiger partial charge on any atom is 0.337 e. The molecule has 4 nitrogen and oxygen atoms in total. The van der Waals surface area contributed by atoms with E-state index in [9.17, 15) is 9.59 Å². The van der Waals surface area contributed by atoms with Crippen LogP contribution in [0.3, 0.4) is 0 Å². The largest absolute Gasteiger partial charge is 0.458 e. The third-order valence-electron chi connectivity index (χ3n) is 9.18. The summed E-state index contributed by atoms with van der Waals surface area (Å²) in [7, 11) is 0. The van der Waals surface area contributed by atoms with E-state index < -0.39 is 5.92 Å². The normalized spacial score (nSPS) is 32.1. The molecule has 1 N–H and O–H groups in total. The Morgan fingerprint density at radius 2 is 1.53 bits per heavy atom. The molecule has 4 heteroatoms. The van der Waals surface area contributed by atoms with Gasteiger partial charge in [0.25, 0.3) is 0 Å². The van der Waals surface area contributed by atoms with Crippen molar-refractivity contribution in [2.24, 2.45) is 29.6 Å². The summed E-state index contributed by atoms with van der Waals surface area (Å²) in [6.45, 7) is 1.94. The lowest BCUT2D eigenvalue weighted by atomic mass is 9.55. The quantitative estimate of drug-likeness (QED) is 0.535. The Bertz CT molecular complexity index is 1320. The van der Waals surface area contributed by atoms with Crippen LogP contribution in [0.4, 0.5) is 0 Å². The number of benzene rings is 2. The van der Waals surface area contributed by atoms with Crippen LogP contribution in [-0.2, 0) is 9.53 Å². The number of dihydropyridines is 1. The van der Waals surface area contributed by atoms with Crippen molar-refractivity contribution in [2.45, 2.75) is 45.1 Å². The zero-order valence-corrected chi connectivity index (χ0v) is 20.6. The zero-order chi connectivity index (χ0) is 24.4. The lowest BCUT2D eigenvalue weighted by Gasteiger charge is -2.53. The van der Waals surface area contributed by atoms with Gasteiger partial charge in [0.05, 0.1) is 11.3 Å². The standard InChI is InChI=1S/C32H31NO3/c1-18-27(32(35)36-31-22-14-20-13-21(16-22)17-23(31)15-20)26(12-11-19-7-3-2-4-8-19)28-29(33-18)24-9-5-6-10-25(24)30(28)34/h2-12,20-23,26,31,33H,13-17H2,1H3/b12-11+/t20?,21?,22?,23?,26-,31?/m1/s1. The monoisotopic (exact) mass is 477 g/mol. The topological polar surface area (TPSA) is 55.4 Å². The van der Waals surface area contributed by atoms with Crippen LogP contribution < -0.4 is 5.32 Å². The smallest absolute Gasteiger partial charge is 0.337 e. The van der Waals surface area contributed by atoms with Crippen molar-refractivity contribution in [3.05, 3.63) is 94.2 Å². The number of hydrogen-bond donors (Lipinski definition) is 1. The second-order valence-corrected chi connectivity index (χ2v) is 11.4. The Kier molecular flexibility index (Phi) is 5.06. The summed E-state index contributed by atoms with van der Waals surface area (Å²) < 4.78 is 6.38. The van der Waals surface area contributed by atoms with Crippen LogP contribution >= 0.6 is 0 Å². The molecule has 0 spiro atoms. The number of esters is 1. The lowest BCUT2D eigenvalue weighted by Crippen LogP contribution is -2.50. The number of rotatable bonds is 4. The summed E-state index contributed by atoms with van der Waals surface area (Å²) in [5.74, 6) is 1.90. The SMILES string of the molecule is CC1=C(C(=O)OC2C3CC4CC(C3)CC2C4)[C@@H](/C=C/c2ccccc2)C2=C(N1)c1ccccc1C2=O. The number of nitrogens with one attached hydrogen (secondary N) is 1. The van der Waals surface area contributed by atoms with Gasteiger partial charge >= 0.3 is 5.97 Å². The number of ketones is 1. The number of allylic oxidation sites excluding steroid dienone is 3. The second-order valence-electron chi connectivity index (χ2n) is 11.4. The van der Waals surface area contributed by atoms with Gasteiger partial charge < -0.3 is 10.1 Å². The molecular formula is C32H31NO3. The number of carbonyl (C=O) groups excluding carboxylic acids is 2. The molecule has 8 rings (SSSR count). The minimum absolute atomic E-state index is 0.0104. The van der Waals surface area contributed by atoms with E-state index in [-0.39, 0.29) is 17.9 Å². The highest BCUT2D eigenvalue weighted by Gasteiger charge is 2.51. The minimum atomic E-state index is -0.453. The van der Waals surface area contributed by atoms with Gasteiger partial charge in [-0.3, -0.25) is 4.79 Å². The van der Waals surface area contributed by atoms with E-state index in [2.05, 4.69) is 5.32 Å². The van der Waals surface area contributed by atoms with Gasteiger partial charge in [0.2, 0.25) is 0 Å². The molecule has 0 saturated heterocycles. The van der Waals surface area contributed by atoms with Crippen LogP contribution in [0.2, 0.25) is 0 Å². The minimum Gasteiger partial charge on any atom is -0.458 e. The van der Waals surface area contributed by atoms with Gasteiger partial charge in [-0.15, -0.1) is 0 Å². The molecule has 4 bridgehead atoms. The third-order valence-corrected chi connectivity index (χ3v) is 9.18. The maximum absolute atomic E-state index is 13.9. The van der Waals surface area contributed by atoms with E-state index >= 15 is 0 Å². The van der Waals surface area contributed by atoms with Crippen molar-refractivity contribution in [1.29, 1.82) is 0 Å². The highest BCUT2D eigenvalue weighted by Crippen LogP contribution is 2.55. The Labute approximate surface area is 212 Å². The van der Waals surface area contributed by atoms with Crippen LogP contribution in [0, 0.1) is 29.6 Å². The average Bonchev–Trinajstić information content (AvgIpc) is 3.16.